The van der Waals surface area contributed by atoms with E-state index in [9.17, 15) is 4.79 Å². The highest BCUT2D eigenvalue weighted by molar-refractivity contribution is 6.31. The summed E-state index contributed by atoms with van der Waals surface area (Å²) in [6.07, 6.45) is 3.22. The number of carboxylic acid groups (broad SMARTS) is 1. The monoisotopic (exact) mass is 260 g/mol. The van der Waals surface area contributed by atoms with Gasteiger partial charge in [-0.05, 0) is 23.8 Å². The van der Waals surface area contributed by atoms with Crippen LogP contribution in [0.1, 0.15) is 21.5 Å². The van der Waals surface area contributed by atoms with E-state index < -0.39 is 5.97 Å². The van der Waals surface area contributed by atoms with Crippen LogP contribution in [0.3, 0.4) is 0 Å². The fourth-order valence-corrected chi connectivity index (χ4v) is 1.85. The summed E-state index contributed by atoms with van der Waals surface area (Å²) < 4.78 is 1.73. The number of carboxylic acids is 1. The summed E-state index contributed by atoms with van der Waals surface area (Å²) in [6, 6.07) is 8.58. The minimum absolute atomic E-state index is 0.236. The SMILES string of the molecule is N#Cc1ccc(Cn2ccc(C(=O)O)c2)c(Cl)c1. The average Bonchev–Trinajstić information content (AvgIpc) is 2.80. The first kappa shape index (κ1) is 12.2. The lowest BCUT2D eigenvalue weighted by molar-refractivity contribution is 0.0697. The van der Waals surface area contributed by atoms with Gasteiger partial charge in [-0.3, -0.25) is 0 Å². The minimum Gasteiger partial charge on any atom is -0.478 e. The van der Waals surface area contributed by atoms with Crippen LogP contribution in [0.15, 0.2) is 36.7 Å². The van der Waals surface area contributed by atoms with E-state index >= 15 is 0 Å². The lowest BCUT2D eigenvalue weighted by atomic mass is 10.1. The topological polar surface area (TPSA) is 66.0 Å². The third-order valence-corrected chi connectivity index (χ3v) is 2.88. The molecular weight excluding hydrogens is 252 g/mol. The molecule has 0 atom stereocenters. The van der Waals surface area contributed by atoms with Crippen LogP contribution in [0.5, 0.6) is 0 Å². The van der Waals surface area contributed by atoms with Crippen LogP contribution < -0.4 is 0 Å². The van der Waals surface area contributed by atoms with Crippen LogP contribution >= 0.6 is 11.6 Å². The van der Waals surface area contributed by atoms with Gasteiger partial charge in [0.15, 0.2) is 0 Å². The number of rotatable bonds is 3. The molecule has 1 N–H and O–H groups in total. The van der Waals surface area contributed by atoms with Gasteiger partial charge in [0, 0.05) is 24.0 Å². The van der Waals surface area contributed by atoms with Gasteiger partial charge in [0.2, 0.25) is 0 Å². The molecule has 1 heterocycles. The van der Waals surface area contributed by atoms with Gasteiger partial charge in [-0.1, -0.05) is 17.7 Å². The molecule has 4 nitrogen and oxygen atoms in total. The molecule has 0 bridgehead atoms. The first-order valence-corrected chi connectivity index (χ1v) is 5.55. The van der Waals surface area contributed by atoms with Gasteiger partial charge < -0.3 is 9.67 Å². The number of aromatic carboxylic acids is 1. The van der Waals surface area contributed by atoms with Crippen molar-refractivity contribution in [2.24, 2.45) is 0 Å². The minimum atomic E-state index is -0.959. The molecule has 0 aliphatic heterocycles. The maximum absolute atomic E-state index is 10.7. The number of benzene rings is 1. The van der Waals surface area contributed by atoms with Crippen LogP contribution in [0, 0.1) is 11.3 Å². The number of carbonyl (C=O) groups is 1. The van der Waals surface area contributed by atoms with Crippen LogP contribution in [0.2, 0.25) is 5.02 Å². The second-order valence-corrected chi connectivity index (χ2v) is 4.20. The fraction of sp³-hybridized carbons (Fsp3) is 0.0769. The molecule has 90 valence electrons. The summed E-state index contributed by atoms with van der Waals surface area (Å²) in [6.45, 7) is 0.470. The maximum Gasteiger partial charge on any atom is 0.337 e. The predicted octanol–water partition coefficient (Wildman–Crippen LogP) is 2.76. The molecular formula is C13H9ClN2O2. The van der Waals surface area contributed by atoms with Crippen molar-refractivity contribution < 1.29 is 9.90 Å². The van der Waals surface area contributed by atoms with E-state index in [4.69, 9.17) is 22.0 Å². The van der Waals surface area contributed by atoms with Crippen LogP contribution in [-0.2, 0) is 6.54 Å². The molecule has 2 rings (SSSR count). The highest BCUT2D eigenvalue weighted by Crippen LogP contribution is 2.19. The Labute approximate surface area is 109 Å². The van der Waals surface area contributed by atoms with Gasteiger partial charge in [0.25, 0.3) is 0 Å². The molecule has 0 saturated heterocycles. The standard InChI is InChI=1S/C13H9ClN2O2/c14-12-5-9(6-15)1-2-10(12)7-16-4-3-11(8-16)13(17)18/h1-5,8H,7H2,(H,17,18). The first-order chi connectivity index (χ1) is 8.60. The van der Waals surface area contributed by atoms with E-state index in [1.165, 1.54) is 12.3 Å². The van der Waals surface area contributed by atoms with Crippen molar-refractivity contribution in [3.63, 3.8) is 0 Å². The van der Waals surface area contributed by atoms with Crippen molar-refractivity contribution >= 4 is 17.6 Å². The zero-order valence-electron chi connectivity index (χ0n) is 9.30. The van der Waals surface area contributed by atoms with Gasteiger partial charge >= 0.3 is 5.97 Å². The lowest BCUT2D eigenvalue weighted by Gasteiger charge is -2.05. The number of nitriles is 1. The summed E-state index contributed by atoms with van der Waals surface area (Å²) in [7, 11) is 0. The second kappa shape index (κ2) is 4.94. The van der Waals surface area contributed by atoms with Crippen LogP contribution in [0.4, 0.5) is 0 Å². The second-order valence-electron chi connectivity index (χ2n) is 3.80. The zero-order chi connectivity index (χ0) is 13.1. The summed E-state index contributed by atoms with van der Waals surface area (Å²) in [4.78, 5) is 10.7. The number of hydrogen-bond donors (Lipinski definition) is 1. The maximum atomic E-state index is 10.7. The van der Waals surface area contributed by atoms with Crippen molar-refractivity contribution in [1.82, 2.24) is 4.57 Å². The molecule has 0 unspecified atom stereocenters. The van der Waals surface area contributed by atoms with E-state index in [0.717, 1.165) is 5.56 Å². The Bertz CT molecular complexity index is 641. The number of nitrogens with zero attached hydrogens (tertiary/aromatic N) is 2. The first-order valence-electron chi connectivity index (χ1n) is 5.18. The van der Waals surface area contributed by atoms with Crippen molar-refractivity contribution in [3.05, 3.63) is 58.4 Å². The Morgan fingerprint density at radius 3 is 2.78 bits per heavy atom. The molecule has 0 aliphatic carbocycles. The van der Waals surface area contributed by atoms with Crippen molar-refractivity contribution in [2.45, 2.75) is 6.54 Å². The number of aromatic nitrogens is 1. The third-order valence-electron chi connectivity index (χ3n) is 2.53. The molecule has 0 fully saturated rings. The summed E-state index contributed by atoms with van der Waals surface area (Å²) >= 11 is 6.05. The van der Waals surface area contributed by atoms with Gasteiger partial charge in [0.05, 0.1) is 17.2 Å². The van der Waals surface area contributed by atoms with E-state index in [-0.39, 0.29) is 5.56 Å². The largest absolute Gasteiger partial charge is 0.478 e. The van der Waals surface area contributed by atoms with Gasteiger partial charge in [0.1, 0.15) is 0 Å². The summed E-state index contributed by atoms with van der Waals surface area (Å²) in [5.41, 5.74) is 1.57. The molecule has 0 spiro atoms. The molecule has 18 heavy (non-hydrogen) atoms. The quantitative estimate of drug-likeness (QED) is 0.923. The van der Waals surface area contributed by atoms with Crippen molar-refractivity contribution in [2.75, 3.05) is 0 Å². The molecule has 0 aliphatic rings. The van der Waals surface area contributed by atoms with Crippen LogP contribution in [-0.4, -0.2) is 15.6 Å². The Balaban J connectivity index is 2.23. The average molecular weight is 261 g/mol. The highest BCUT2D eigenvalue weighted by Gasteiger charge is 2.06. The summed E-state index contributed by atoms with van der Waals surface area (Å²) in [5.74, 6) is -0.959. The number of halogens is 1. The van der Waals surface area contributed by atoms with Crippen molar-refractivity contribution in [1.29, 1.82) is 5.26 Å². The number of hydrogen-bond acceptors (Lipinski definition) is 2. The molecule has 1 aromatic heterocycles. The smallest absolute Gasteiger partial charge is 0.337 e. The van der Waals surface area contributed by atoms with E-state index in [1.54, 1.807) is 29.0 Å². The van der Waals surface area contributed by atoms with E-state index in [1.807, 2.05) is 6.07 Å². The van der Waals surface area contributed by atoms with Gasteiger partial charge in [-0.25, -0.2) is 4.79 Å². The molecule has 5 heteroatoms. The fourth-order valence-electron chi connectivity index (χ4n) is 1.61. The highest BCUT2D eigenvalue weighted by atomic mass is 35.5. The van der Waals surface area contributed by atoms with E-state index in [0.29, 0.717) is 17.1 Å². The normalized spacial score (nSPS) is 10.0. The molecule has 0 amide bonds. The molecule has 1 aromatic carbocycles. The molecule has 0 saturated carbocycles. The summed E-state index contributed by atoms with van der Waals surface area (Å²) in [5, 5.41) is 18.0. The molecule has 2 aromatic rings. The zero-order valence-corrected chi connectivity index (χ0v) is 10.1. The Kier molecular flexibility index (Phi) is 3.35. The van der Waals surface area contributed by atoms with Crippen molar-refractivity contribution in [3.8, 4) is 6.07 Å². The predicted molar refractivity (Wildman–Crippen MR) is 66.7 cm³/mol. The Hall–Kier alpha value is -2.25. The third kappa shape index (κ3) is 2.53. The Morgan fingerprint density at radius 1 is 1.44 bits per heavy atom. The molecule has 0 radical (unpaired) electrons. The van der Waals surface area contributed by atoms with Gasteiger partial charge in [-0.2, -0.15) is 5.26 Å². The Morgan fingerprint density at radius 2 is 2.22 bits per heavy atom. The van der Waals surface area contributed by atoms with Gasteiger partial charge in [-0.15, -0.1) is 0 Å². The lowest BCUT2D eigenvalue weighted by Crippen LogP contribution is -1.99. The van der Waals surface area contributed by atoms with E-state index in [2.05, 4.69) is 0 Å². The van der Waals surface area contributed by atoms with Crippen LogP contribution in [0.25, 0.3) is 0 Å².